The third kappa shape index (κ3) is 6.53. The van der Waals surface area contributed by atoms with Gasteiger partial charge in [0.15, 0.2) is 0 Å². The number of benzene rings is 2. The van der Waals surface area contributed by atoms with Crippen molar-refractivity contribution in [3.63, 3.8) is 0 Å². The number of carbonyl (C=O) groups is 1. The first-order valence-electron chi connectivity index (χ1n) is 11.5. The standard InChI is InChI=1S/C25H28NO2.C5H5.Fe/c1-18(2)26(19(3)4)24(27)22-16-11-17-23(22)25(28,20-12-7-5-8-13-20)21-14-9-6-10-15-21;1-2-4-5-3-1;/h5-19,28H,1-4H3;1-5H;/q;;+2. The monoisotopic (exact) mass is 495 g/mol. The molecule has 1 N–H and O–H groups in total. The number of nitrogens with zero attached hydrogens (tertiary/aromatic N) is 1. The molecular weight excluding hydrogens is 462 g/mol. The second-order valence-electron chi connectivity index (χ2n) is 8.66. The fraction of sp³-hybridized carbons (Fsp3) is 0.233. The number of rotatable bonds is 6. The van der Waals surface area contributed by atoms with Crippen molar-refractivity contribution in [2.75, 3.05) is 0 Å². The Kier molecular flexibility index (Phi) is 11.3. The summed E-state index contributed by atoms with van der Waals surface area (Å²) in [6, 6.07) is 19.2. The number of amides is 1. The van der Waals surface area contributed by atoms with E-state index < -0.39 is 5.60 Å². The van der Waals surface area contributed by atoms with Gasteiger partial charge in [-0.3, -0.25) is 4.79 Å². The van der Waals surface area contributed by atoms with Gasteiger partial charge in [0.05, 0.1) is 5.92 Å². The van der Waals surface area contributed by atoms with E-state index in [2.05, 4.69) is 0 Å². The fourth-order valence-electron chi connectivity index (χ4n) is 4.28. The third-order valence-corrected chi connectivity index (χ3v) is 5.72. The Bertz CT molecular complexity index is 794. The fourth-order valence-corrected chi connectivity index (χ4v) is 4.28. The van der Waals surface area contributed by atoms with Gasteiger partial charge in [0.2, 0.25) is 5.91 Å². The number of hydrogen-bond donors (Lipinski definition) is 1. The van der Waals surface area contributed by atoms with Gasteiger partial charge in [-0.15, -0.1) is 0 Å². The largest absolute Gasteiger partial charge is 2.00 e. The van der Waals surface area contributed by atoms with Crippen LogP contribution in [0.2, 0.25) is 0 Å². The minimum atomic E-state index is -1.41. The van der Waals surface area contributed by atoms with Gasteiger partial charge in [-0.05, 0) is 90.2 Å². The van der Waals surface area contributed by atoms with Gasteiger partial charge in [-0.25, -0.2) is 0 Å². The predicted octanol–water partition coefficient (Wildman–Crippen LogP) is 5.36. The summed E-state index contributed by atoms with van der Waals surface area (Å²) in [5.41, 5.74) is 0.0700. The van der Waals surface area contributed by atoms with Crippen LogP contribution >= 0.6 is 0 Å². The molecule has 176 valence electrons. The molecule has 0 atom stereocenters. The summed E-state index contributed by atoms with van der Waals surface area (Å²) in [6.45, 7) is 8.06. The van der Waals surface area contributed by atoms with E-state index in [0.717, 1.165) is 11.1 Å². The van der Waals surface area contributed by atoms with E-state index in [4.69, 9.17) is 0 Å². The van der Waals surface area contributed by atoms with Crippen LogP contribution in [0, 0.1) is 63.2 Å². The molecule has 4 heteroatoms. The van der Waals surface area contributed by atoms with Crippen molar-refractivity contribution < 1.29 is 27.0 Å². The van der Waals surface area contributed by atoms with Crippen molar-refractivity contribution in [1.29, 1.82) is 0 Å². The van der Waals surface area contributed by atoms with Crippen molar-refractivity contribution in [3.8, 4) is 0 Å². The molecule has 0 bridgehead atoms. The number of aliphatic hydroxyl groups is 1. The summed E-state index contributed by atoms with van der Waals surface area (Å²) in [7, 11) is 0. The van der Waals surface area contributed by atoms with Crippen molar-refractivity contribution >= 4 is 5.91 Å². The Morgan fingerprint density at radius 2 is 1.12 bits per heavy atom. The molecule has 0 saturated heterocycles. The summed E-state index contributed by atoms with van der Waals surface area (Å²) < 4.78 is 0. The quantitative estimate of drug-likeness (QED) is 0.548. The van der Waals surface area contributed by atoms with Crippen LogP contribution in [-0.2, 0) is 27.5 Å². The van der Waals surface area contributed by atoms with Crippen LogP contribution in [0.25, 0.3) is 0 Å². The van der Waals surface area contributed by atoms with Gasteiger partial charge in [-0.1, -0.05) is 60.7 Å². The molecule has 34 heavy (non-hydrogen) atoms. The Labute approximate surface area is 217 Å². The van der Waals surface area contributed by atoms with E-state index in [9.17, 15) is 9.90 Å². The van der Waals surface area contributed by atoms with Gasteiger partial charge < -0.3 is 10.0 Å². The minimum absolute atomic E-state index is 0. The second kappa shape index (κ2) is 13.5. The smallest absolute Gasteiger partial charge is 0.380 e. The first kappa shape index (κ1) is 28.6. The van der Waals surface area contributed by atoms with Gasteiger partial charge in [0, 0.05) is 18.0 Å². The number of carbonyl (C=O) groups excluding carboxylic acids is 1. The molecule has 3 nitrogen and oxygen atoms in total. The zero-order valence-corrected chi connectivity index (χ0v) is 21.3. The van der Waals surface area contributed by atoms with Crippen LogP contribution in [0.5, 0.6) is 0 Å². The topological polar surface area (TPSA) is 40.5 Å². The van der Waals surface area contributed by atoms with Crippen LogP contribution in [0.3, 0.4) is 0 Å². The maximum absolute atomic E-state index is 13.4. The Morgan fingerprint density at radius 3 is 1.50 bits per heavy atom. The zero-order chi connectivity index (χ0) is 23.8. The molecule has 0 unspecified atom stereocenters. The Balaban J connectivity index is 0.000000603. The van der Waals surface area contributed by atoms with Crippen molar-refractivity contribution in [2.45, 2.75) is 45.4 Å². The molecular formula is C30H33FeNO2+2. The average molecular weight is 495 g/mol. The molecule has 2 aromatic rings. The number of hydrogen-bond acceptors (Lipinski definition) is 2. The molecule has 0 heterocycles. The molecule has 0 aromatic heterocycles. The van der Waals surface area contributed by atoms with Gasteiger partial charge in [-0.2, -0.15) is 0 Å². The van der Waals surface area contributed by atoms with Crippen LogP contribution in [0.15, 0.2) is 60.7 Å². The summed E-state index contributed by atoms with van der Waals surface area (Å²) in [4.78, 5) is 15.3. The van der Waals surface area contributed by atoms with Gasteiger partial charge in [0.25, 0.3) is 0 Å². The molecule has 2 fully saturated rings. The summed E-state index contributed by atoms with van der Waals surface area (Å²) in [5.74, 6) is 1.09. The first-order valence-corrected chi connectivity index (χ1v) is 11.5. The van der Waals surface area contributed by atoms with E-state index in [-0.39, 0.29) is 35.1 Å². The second-order valence-corrected chi connectivity index (χ2v) is 8.66. The average Bonchev–Trinajstić information content (AvgIpc) is 3.54. The minimum Gasteiger partial charge on any atom is -0.380 e. The third-order valence-electron chi connectivity index (χ3n) is 5.72. The molecule has 1 amide bonds. The summed E-state index contributed by atoms with van der Waals surface area (Å²) in [6.07, 6.45) is 15.5. The van der Waals surface area contributed by atoms with Crippen LogP contribution in [0.4, 0.5) is 0 Å². The van der Waals surface area contributed by atoms with E-state index in [1.165, 1.54) is 0 Å². The van der Waals surface area contributed by atoms with Gasteiger partial charge >= 0.3 is 17.1 Å². The SMILES string of the molecule is CC(C)N(C(=O)[C]1[CH][CH][CH][C]1C(O)(c1ccccc1)c1ccccc1)C(C)C.[CH]1[CH][CH][CH][CH]1.[Fe+2]. The molecule has 0 aliphatic heterocycles. The summed E-state index contributed by atoms with van der Waals surface area (Å²) >= 11 is 0. The Hall–Kier alpha value is -1.61. The van der Waals surface area contributed by atoms with Crippen molar-refractivity contribution in [3.05, 3.63) is 135 Å². The van der Waals surface area contributed by atoms with E-state index in [1.54, 1.807) is 0 Å². The van der Waals surface area contributed by atoms with Gasteiger partial charge in [0.1, 0.15) is 5.60 Å². The molecule has 0 spiro atoms. The van der Waals surface area contributed by atoms with E-state index >= 15 is 0 Å². The maximum atomic E-state index is 13.4. The van der Waals surface area contributed by atoms with E-state index in [1.807, 2.05) is 145 Å². The molecule has 2 aromatic carbocycles. The maximum Gasteiger partial charge on any atom is 2.00 e. The predicted molar refractivity (Wildman–Crippen MR) is 134 cm³/mol. The Morgan fingerprint density at radius 1 is 0.706 bits per heavy atom. The normalized spacial score (nSPS) is 16.8. The molecule has 2 aliphatic carbocycles. The molecule has 2 saturated carbocycles. The summed E-state index contributed by atoms with van der Waals surface area (Å²) in [5, 5.41) is 12.0. The van der Waals surface area contributed by atoms with Crippen LogP contribution in [0.1, 0.15) is 38.8 Å². The molecule has 2 aliphatic rings. The van der Waals surface area contributed by atoms with Crippen LogP contribution in [-0.4, -0.2) is 28.0 Å². The molecule has 10 radical (unpaired) electrons. The van der Waals surface area contributed by atoms with Crippen molar-refractivity contribution in [2.24, 2.45) is 0 Å². The first-order chi connectivity index (χ1) is 15.9. The van der Waals surface area contributed by atoms with E-state index in [0.29, 0.717) is 11.8 Å². The van der Waals surface area contributed by atoms with Crippen LogP contribution < -0.4 is 0 Å². The molecule has 4 rings (SSSR count). The zero-order valence-electron chi connectivity index (χ0n) is 20.2. The van der Waals surface area contributed by atoms with Crippen molar-refractivity contribution in [1.82, 2.24) is 4.90 Å².